The van der Waals surface area contributed by atoms with Crippen LogP contribution >= 0.6 is 0 Å². The SMILES string of the molecule is CC(CCc1ccccc1)NC(=O)CN(c1ccc(S(=O)(=O)N(C)C)cc1)S(C)(=O)=O. The van der Waals surface area contributed by atoms with Gasteiger partial charge in [0.1, 0.15) is 6.54 Å². The Bertz CT molecular complexity index is 1080. The second kappa shape index (κ2) is 10.3. The van der Waals surface area contributed by atoms with Gasteiger partial charge < -0.3 is 5.32 Å². The minimum absolute atomic E-state index is 0.0358. The summed E-state index contributed by atoms with van der Waals surface area (Å²) in [5.74, 6) is -0.434. The van der Waals surface area contributed by atoms with E-state index in [2.05, 4.69) is 5.32 Å². The summed E-state index contributed by atoms with van der Waals surface area (Å²) in [6.45, 7) is 1.47. The molecule has 0 spiro atoms. The molecule has 0 aromatic heterocycles. The first-order valence-corrected chi connectivity index (χ1v) is 13.0. The molecular weight excluding hydrogens is 438 g/mol. The molecule has 0 radical (unpaired) electrons. The van der Waals surface area contributed by atoms with Crippen LogP contribution in [0.2, 0.25) is 0 Å². The molecule has 0 aliphatic rings. The van der Waals surface area contributed by atoms with Crippen LogP contribution in [-0.4, -0.2) is 60.0 Å². The first kappa shape index (κ1) is 24.8. The van der Waals surface area contributed by atoms with Crippen molar-refractivity contribution in [1.82, 2.24) is 9.62 Å². The van der Waals surface area contributed by atoms with Crippen LogP contribution in [0.1, 0.15) is 18.9 Å². The lowest BCUT2D eigenvalue weighted by molar-refractivity contribution is -0.120. The lowest BCUT2D eigenvalue weighted by atomic mass is 10.1. The fourth-order valence-electron chi connectivity index (χ4n) is 2.95. The van der Waals surface area contributed by atoms with Gasteiger partial charge in [0, 0.05) is 20.1 Å². The number of aryl methyl sites for hydroxylation is 1. The number of hydrogen-bond acceptors (Lipinski definition) is 5. The summed E-state index contributed by atoms with van der Waals surface area (Å²) in [4.78, 5) is 12.5. The molecule has 0 aliphatic carbocycles. The highest BCUT2D eigenvalue weighted by Crippen LogP contribution is 2.21. The van der Waals surface area contributed by atoms with Crippen molar-refractivity contribution < 1.29 is 21.6 Å². The van der Waals surface area contributed by atoms with E-state index in [1.54, 1.807) is 0 Å². The molecule has 0 bridgehead atoms. The van der Waals surface area contributed by atoms with Crippen LogP contribution in [0, 0.1) is 0 Å². The lowest BCUT2D eigenvalue weighted by Crippen LogP contribution is -2.43. The van der Waals surface area contributed by atoms with E-state index >= 15 is 0 Å². The third-order valence-electron chi connectivity index (χ3n) is 4.71. The van der Waals surface area contributed by atoms with E-state index in [4.69, 9.17) is 0 Å². The summed E-state index contributed by atoms with van der Waals surface area (Å²) in [6.07, 6.45) is 2.51. The molecule has 1 atom stereocenters. The number of carbonyl (C=O) groups excluding carboxylic acids is 1. The zero-order chi connectivity index (χ0) is 23.2. The van der Waals surface area contributed by atoms with Gasteiger partial charge in [0.15, 0.2) is 0 Å². The second-order valence-corrected chi connectivity index (χ2v) is 11.6. The van der Waals surface area contributed by atoms with E-state index < -0.39 is 32.5 Å². The van der Waals surface area contributed by atoms with Crippen LogP contribution in [0.4, 0.5) is 5.69 Å². The van der Waals surface area contributed by atoms with Crippen molar-refractivity contribution in [2.45, 2.75) is 30.7 Å². The Morgan fingerprint density at radius 3 is 2.06 bits per heavy atom. The van der Waals surface area contributed by atoms with Gasteiger partial charge in [0.2, 0.25) is 26.0 Å². The molecule has 2 aromatic carbocycles. The van der Waals surface area contributed by atoms with E-state index in [0.29, 0.717) is 6.42 Å². The Kier molecular flexibility index (Phi) is 8.21. The van der Waals surface area contributed by atoms with Gasteiger partial charge in [-0.15, -0.1) is 0 Å². The topological polar surface area (TPSA) is 104 Å². The molecule has 0 saturated heterocycles. The van der Waals surface area contributed by atoms with Gasteiger partial charge in [-0.2, -0.15) is 0 Å². The molecule has 0 aliphatic heterocycles. The fraction of sp³-hybridized carbons (Fsp3) is 0.381. The quantitative estimate of drug-likeness (QED) is 0.574. The Morgan fingerprint density at radius 1 is 0.968 bits per heavy atom. The summed E-state index contributed by atoms with van der Waals surface area (Å²) >= 11 is 0. The van der Waals surface area contributed by atoms with Crippen LogP contribution in [0.3, 0.4) is 0 Å². The molecule has 2 aromatic rings. The van der Waals surface area contributed by atoms with Crippen LogP contribution in [0.5, 0.6) is 0 Å². The molecule has 1 amide bonds. The maximum absolute atomic E-state index is 12.5. The Labute approximate surface area is 185 Å². The van der Waals surface area contributed by atoms with E-state index in [1.165, 1.54) is 38.4 Å². The third-order valence-corrected chi connectivity index (χ3v) is 7.68. The lowest BCUT2D eigenvalue weighted by Gasteiger charge is -2.23. The predicted molar refractivity (Wildman–Crippen MR) is 122 cm³/mol. The highest BCUT2D eigenvalue weighted by molar-refractivity contribution is 7.92. The number of rotatable bonds is 10. The average molecular weight is 468 g/mol. The number of nitrogens with zero attached hydrogens (tertiary/aromatic N) is 2. The minimum Gasteiger partial charge on any atom is -0.352 e. The molecule has 10 heteroatoms. The zero-order valence-electron chi connectivity index (χ0n) is 18.1. The molecule has 0 saturated carbocycles. The molecule has 31 heavy (non-hydrogen) atoms. The average Bonchev–Trinajstić information content (AvgIpc) is 2.70. The summed E-state index contributed by atoms with van der Waals surface area (Å²) < 4.78 is 51.0. The number of nitrogens with one attached hydrogen (secondary N) is 1. The van der Waals surface area contributed by atoms with Crippen molar-refractivity contribution in [2.75, 3.05) is 31.2 Å². The van der Waals surface area contributed by atoms with Gasteiger partial charge in [0.25, 0.3) is 0 Å². The molecule has 1 N–H and O–H groups in total. The van der Waals surface area contributed by atoms with Crippen molar-refractivity contribution in [3.63, 3.8) is 0 Å². The molecule has 8 nitrogen and oxygen atoms in total. The zero-order valence-corrected chi connectivity index (χ0v) is 19.8. The van der Waals surface area contributed by atoms with Crippen LogP contribution in [0.15, 0.2) is 59.5 Å². The number of sulfonamides is 2. The molecule has 0 fully saturated rings. The monoisotopic (exact) mass is 467 g/mol. The van der Waals surface area contributed by atoms with Gasteiger partial charge >= 0.3 is 0 Å². The highest BCUT2D eigenvalue weighted by Gasteiger charge is 2.23. The third kappa shape index (κ3) is 7.05. The van der Waals surface area contributed by atoms with Crippen molar-refractivity contribution in [3.05, 3.63) is 60.2 Å². The summed E-state index contributed by atoms with van der Waals surface area (Å²) in [6, 6.07) is 15.1. The molecule has 0 heterocycles. The number of benzene rings is 2. The van der Waals surface area contributed by atoms with E-state index in [9.17, 15) is 21.6 Å². The fourth-order valence-corrected chi connectivity index (χ4v) is 4.70. The van der Waals surface area contributed by atoms with Crippen molar-refractivity contribution in [2.24, 2.45) is 0 Å². The second-order valence-electron chi connectivity index (χ2n) is 7.54. The highest BCUT2D eigenvalue weighted by atomic mass is 32.2. The summed E-state index contributed by atoms with van der Waals surface area (Å²) in [7, 11) is -4.57. The first-order valence-electron chi connectivity index (χ1n) is 9.75. The van der Waals surface area contributed by atoms with Gasteiger partial charge in [-0.05, 0) is 49.6 Å². The van der Waals surface area contributed by atoms with Crippen LogP contribution < -0.4 is 9.62 Å². The van der Waals surface area contributed by atoms with Crippen molar-refractivity contribution >= 4 is 31.6 Å². The first-order chi connectivity index (χ1) is 14.4. The van der Waals surface area contributed by atoms with E-state index in [0.717, 1.165) is 26.9 Å². The predicted octanol–water partition coefficient (Wildman–Crippen LogP) is 1.84. The number of hydrogen-bond donors (Lipinski definition) is 1. The van der Waals surface area contributed by atoms with Gasteiger partial charge in [0.05, 0.1) is 16.8 Å². The maximum Gasteiger partial charge on any atom is 0.242 e. The van der Waals surface area contributed by atoms with Crippen LogP contribution in [0.25, 0.3) is 0 Å². The smallest absolute Gasteiger partial charge is 0.242 e. The Hall–Kier alpha value is -2.43. The summed E-state index contributed by atoms with van der Waals surface area (Å²) in [5.41, 5.74) is 1.38. The normalized spacial score (nSPS) is 13.1. The number of carbonyl (C=O) groups is 1. The minimum atomic E-state index is -3.76. The number of amides is 1. The number of anilines is 1. The molecular formula is C21H29N3O5S2. The Balaban J connectivity index is 2.07. The van der Waals surface area contributed by atoms with E-state index in [1.807, 2.05) is 37.3 Å². The van der Waals surface area contributed by atoms with Crippen molar-refractivity contribution in [3.8, 4) is 0 Å². The van der Waals surface area contributed by atoms with Gasteiger partial charge in [-0.25, -0.2) is 21.1 Å². The molecule has 2 rings (SSSR count). The van der Waals surface area contributed by atoms with Crippen LogP contribution in [-0.2, 0) is 31.3 Å². The Morgan fingerprint density at radius 2 is 1.55 bits per heavy atom. The summed E-state index contributed by atoms with van der Waals surface area (Å²) in [5, 5.41) is 2.83. The largest absolute Gasteiger partial charge is 0.352 e. The van der Waals surface area contributed by atoms with Gasteiger partial charge in [-0.3, -0.25) is 9.10 Å². The van der Waals surface area contributed by atoms with Crippen molar-refractivity contribution in [1.29, 1.82) is 0 Å². The van der Waals surface area contributed by atoms with Gasteiger partial charge in [-0.1, -0.05) is 30.3 Å². The maximum atomic E-state index is 12.5. The molecule has 1 unspecified atom stereocenters. The standard InChI is InChI=1S/C21H29N3O5S2/c1-17(10-11-18-8-6-5-7-9-18)22-21(25)16-24(30(4,26)27)19-12-14-20(15-13-19)31(28,29)23(2)3/h5-9,12-15,17H,10-11,16H2,1-4H3,(H,22,25). The van der Waals surface area contributed by atoms with E-state index in [-0.39, 0.29) is 16.6 Å². The molecule has 170 valence electrons.